The van der Waals surface area contributed by atoms with Crippen molar-refractivity contribution >= 4 is 11.6 Å². The molecule has 0 saturated carbocycles. The topological polar surface area (TPSA) is 58.1 Å². The van der Waals surface area contributed by atoms with E-state index in [9.17, 15) is 8.78 Å². The molecule has 174 valence electrons. The maximum Gasteiger partial charge on any atom is 0.387 e. The second-order valence-corrected chi connectivity index (χ2v) is 7.71. The number of aliphatic imine (C=N–C) groups is 1. The Balaban J connectivity index is 1.70. The third kappa shape index (κ3) is 6.48. The second kappa shape index (κ2) is 11.5. The van der Waals surface area contributed by atoms with Gasteiger partial charge in [-0.2, -0.15) is 8.78 Å². The minimum Gasteiger partial charge on any atom is -0.493 e. The number of nitrogens with zero attached hydrogens (tertiary/aromatic N) is 2. The van der Waals surface area contributed by atoms with Gasteiger partial charge in [0.2, 0.25) is 0 Å². The molecule has 2 N–H and O–H groups in total. The lowest BCUT2D eigenvalue weighted by molar-refractivity contribution is -0.0512. The summed E-state index contributed by atoms with van der Waals surface area (Å²) in [5.41, 5.74) is 3.17. The molecule has 8 heteroatoms. The number of benzene rings is 2. The van der Waals surface area contributed by atoms with Crippen LogP contribution in [-0.2, 0) is 6.54 Å². The molecule has 0 amide bonds. The van der Waals surface area contributed by atoms with Gasteiger partial charge in [-0.25, -0.2) is 4.99 Å². The molecule has 2 aromatic rings. The second-order valence-electron chi connectivity index (χ2n) is 7.71. The molecule has 0 radical (unpaired) electrons. The van der Waals surface area contributed by atoms with E-state index < -0.39 is 6.61 Å². The van der Waals surface area contributed by atoms with Crippen LogP contribution in [0.2, 0.25) is 0 Å². The number of halogens is 2. The highest BCUT2D eigenvalue weighted by atomic mass is 19.3. The predicted octanol–water partition coefficient (Wildman–Crippen LogP) is 4.71. The van der Waals surface area contributed by atoms with Crippen molar-refractivity contribution in [1.29, 1.82) is 0 Å². The van der Waals surface area contributed by atoms with E-state index in [1.165, 1.54) is 37.3 Å². The Morgan fingerprint density at radius 2 is 1.91 bits per heavy atom. The molecule has 1 aliphatic rings. The number of ether oxygens (including phenoxy) is 2. The van der Waals surface area contributed by atoms with Gasteiger partial charge in [-0.05, 0) is 62.1 Å². The average molecular weight is 447 g/mol. The first-order valence-corrected chi connectivity index (χ1v) is 11.0. The number of hydrogen-bond acceptors (Lipinski definition) is 4. The molecule has 1 atom stereocenters. The van der Waals surface area contributed by atoms with Crippen LogP contribution in [0.5, 0.6) is 11.5 Å². The number of anilines is 1. The van der Waals surface area contributed by atoms with Gasteiger partial charge in [-0.1, -0.05) is 18.2 Å². The summed E-state index contributed by atoms with van der Waals surface area (Å²) in [6, 6.07) is 13.5. The van der Waals surface area contributed by atoms with Gasteiger partial charge in [-0.3, -0.25) is 0 Å². The molecule has 1 saturated heterocycles. The molecule has 32 heavy (non-hydrogen) atoms. The first kappa shape index (κ1) is 23.6. The number of nitrogens with one attached hydrogen (secondary N) is 2. The van der Waals surface area contributed by atoms with Crippen LogP contribution in [0.4, 0.5) is 14.5 Å². The highest BCUT2D eigenvalue weighted by Crippen LogP contribution is 2.30. The summed E-state index contributed by atoms with van der Waals surface area (Å²) in [7, 11) is 1.42. The lowest BCUT2D eigenvalue weighted by Crippen LogP contribution is -2.38. The van der Waals surface area contributed by atoms with Gasteiger partial charge in [-0.15, -0.1) is 0 Å². The first-order chi connectivity index (χ1) is 15.5. The van der Waals surface area contributed by atoms with E-state index >= 15 is 0 Å². The molecule has 0 aromatic heterocycles. The zero-order valence-electron chi connectivity index (χ0n) is 18.9. The molecule has 0 aliphatic carbocycles. The molecule has 1 fully saturated rings. The van der Waals surface area contributed by atoms with Gasteiger partial charge in [0.15, 0.2) is 17.5 Å². The van der Waals surface area contributed by atoms with Crippen LogP contribution in [-0.4, -0.2) is 39.3 Å². The fraction of sp³-hybridized carbons (Fsp3) is 0.458. The maximum atomic E-state index is 12.7. The smallest absolute Gasteiger partial charge is 0.387 e. The number of rotatable bonds is 9. The van der Waals surface area contributed by atoms with E-state index in [2.05, 4.69) is 56.5 Å². The van der Waals surface area contributed by atoms with Crippen molar-refractivity contribution in [3.63, 3.8) is 0 Å². The Morgan fingerprint density at radius 1 is 1.12 bits per heavy atom. The number of guanidine groups is 1. The molecule has 1 unspecified atom stereocenters. The molecule has 2 aromatic carbocycles. The summed E-state index contributed by atoms with van der Waals surface area (Å²) < 4.78 is 35.0. The minimum atomic E-state index is -2.92. The van der Waals surface area contributed by atoms with Gasteiger partial charge in [0.25, 0.3) is 0 Å². The molecular weight excluding hydrogens is 414 g/mol. The van der Waals surface area contributed by atoms with E-state index in [1.54, 1.807) is 12.1 Å². The highest BCUT2D eigenvalue weighted by Gasteiger charge is 2.15. The van der Waals surface area contributed by atoms with Crippen LogP contribution in [0.25, 0.3) is 0 Å². The van der Waals surface area contributed by atoms with E-state index in [0.717, 1.165) is 18.7 Å². The Kier molecular flexibility index (Phi) is 8.53. The number of hydrogen-bond donors (Lipinski definition) is 2. The summed E-state index contributed by atoms with van der Waals surface area (Å²) in [6.07, 6.45) is 2.48. The minimum absolute atomic E-state index is 0.000237. The van der Waals surface area contributed by atoms with E-state index in [0.29, 0.717) is 19.0 Å². The summed E-state index contributed by atoms with van der Waals surface area (Å²) >= 11 is 0. The summed E-state index contributed by atoms with van der Waals surface area (Å²) in [5, 5.41) is 6.68. The molecule has 3 rings (SSSR count). The van der Waals surface area contributed by atoms with Gasteiger partial charge in [0.05, 0.1) is 19.7 Å². The third-order valence-corrected chi connectivity index (χ3v) is 5.40. The summed E-state index contributed by atoms with van der Waals surface area (Å²) in [6.45, 7) is 4.39. The molecular formula is C24H32F2N4O2. The van der Waals surface area contributed by atoms with Gasteiger partial charge < -0.3 is 25.0 Å². The number of methoxy groups -OCH3 is 1. The largest absolute Gasteiger partial charge is 0.493 e. The van der Waals surface area contributed by atoms with Crippen LogP contribution in [0.1, 0.15) is 43.9 Å². The predicted molar refractivity (Wildman–Crippen MR) is 124 cm³/mol. The Hall–Kier alpha value is -3.03. The summed E-state index contributed by atoms with van der Waals surface area (Å²) in [5.74, 6) is 0.911. The molecule has 0 bridgehead atoms. The third-order valence-electron chi connectivity index (χ3n) is 5.40. The molecule has 1 aliphatic heterocycles. The quantitative estimate of drug-likeness (QED) is 0.432. The van der Waals surface area contributed by atoms with E-state index in [1.807, 2.05) is 6.92 Å². The lowest BCUT2D eigenvalue weighted by Gasteiger charge is -2.22. The Morgan fingerprint density at radius 3 is 2.59 bits per heavy atom. The van der Waals surface area contributed by atoms with E-state index in [-0.39, 0.29) is 17.5 Å². The first-order valence-electron chi connectivity index (χ1n) is 11.0. The fourth-order valence-corrected chi connectivity index (χ4v) is 3.75. The van der Waals surface area contributed by atoms with Crippen LogP contribution in [0.3, 0.4) is 0 Å². The van der Waals surface area contributed by atoms with Crippen molar-refractivity contribution in [2.45, 2.75) is 45.9 Å². The zero-order valence-corrected chi connectivity index (χ0v) is 18.9. The molecule has 6 nitrogen and oxygen atoms in total. The maximum absolute atomic E-state index is 12.7. The van der Waals surface area contributed by atoms with Crippen LogP contribution in [0, 0.1) is 0 Å². The van der Waals surface area contributed by atoms with Crippen molar-refractivity contribution in [1.82, 2.24) is 10.6 Å². The van der Waals surface area contributed by atoms with Crippen LogP contribution in [0.15, 0.2) is 47.5 Å². The van der Waals surface area contributed by atoms with Crippen molar-refractivity contribution in [3.05, 3.63) is 53.6 Å². The highest BCUT2D eigenvalue weighted by molar-refractivity contribution is 5.80. The van der Waals surface area contributed by atoms with Crippen molar-refractivity contribution in [3.8, 4) is 11.5 Å². The monoisotopic (exact) mass is 446 g/mol. The van der Waals surface area contributed by atoms with Gasteiger partial charge in [0, 0.05) is 25.3 Å². The molecule has 1 heterocycles. The van der Waals surface area contributed by atoms with Crippen molar-refractivity contribution in [2.75, 3.05) is 31.6 Å². The van der Waals surface area contributed by atoms with Crippen molar-refractivity contribution in [2.24, 2.45) is 4.99 Å². The average Bonchev–Trinajstić information content (AvgIpc) is 3.32. The summed E-state index contributed by atoms with van der Waals surface area (Å²) in [4.78, 5) is 7.04. The van der Waals surface area contributed by atoms with Crippen LogP contribution < -0.4 is 25.0 Å². The van der Waals surface area contributed by atoms with Crippen molar-refractivity contribution < 1.29 is 18.3 Å². The number of alkyl halides is 2. The SMILES string of the molecule is CCNC(=NCc1ccc(OC)c(OC(F)F)c1)NC(C)c1cccc(N2CCCC2)c1. The van der Waals surface area contributed by atoms with Gasteiger partial charge >= 0.3 is 6.61 Å². The lowest BCUT2D eigenvalue weighted by atomic mass is 10.1. The Bertz CT molecular complexity index is 901. The molecule has 0 spiro atoms. The Labute approximate surface area is 188 Å². The van der Waals surface area contributed by atoms with E-state index in [4.69, 9.17) is 4.74 Å². The zero-order chi connectivity index (χ0) is 22.9. The standard InChI is InChI=1S/C24H32F2N4O2/c1-4-27-24(28-16-18-10-11-21(31-3)22(14-18)32-23(25)26)29-17(2)19-8-7-9-20(15-19)30-12-5-6-13-30/h7-11,14-15,17,23H,4-6,12-13,16H2,1-3H3,(H2,27,28,29). The van der Waals surface area contributed by atoms with Gasteiger partial charge in [0.1, 0.15) is 0 Å². The van der Waals surface area contributed by atoms with Crippen LogP contribution >= 0.6 is 0 Å². The fourth-order valence-electron chi connectivity index (χ4n) is 3.75. The normalized spacial score (nSPS) is 15.1.